The number of halogens is 1. The highest BCUT2D eigenvalue weighted by Crippen LogP contribution is 2.04. The molecule has 0 aliphatic carbocycles. The SMILES string of the molecule is O=C(O)CCc1ccc(=O)n(Cc2ccc(F)cc2)n1. The van der Waals surface area contributed by atoms with Crippen molar-refractivity contribution < 1.29 is 14.3 Å². The number of hydrogen-bond acceptors (Lipinski definition) is 3. The second-order valence-electron chi connectivity index (χ2n) is 4.34. The molecule has 0 aliphatic rings. The maximum absolute atomic E-state index is 12.8. The summed E-state index contributed by atoms with van der Waals surface area (Å²) < 4.78 is 14.0. The van der Waals surface area contributed by atoms with Crippen LogP contribution >= 0.6 is 0 Å². The molecule has 0 amide bonds. The third-order valence-corrected chi connectivity index (χ3v) is 2.76. The minimum Gasteiger partial charge on any atom is -0.481 e. The van der Waals surface area contributed by atoms with Gasteiger partial charge in [0.05, 0.1) is 18.7 Å². The van der Waals surface area contributed by atoms with Gasteiger partial charge >= 0.3 is 5.97 Å². The van der Waals surface area contributed by atoms with Crippen molar-refractivity contribution in [3.8, 4) is 0 Å². The molecule has 0 bridgehead atoms. The van der Waals surface area contributed by atoms with Crippen molar-refractivity contribution in [2.45, 2.75) is 19.4 Å². The van der Waals surface area contributed by atoms with Crippen LogP contribution in [0.4, 0.5) is 4.39 Å². The van der Waals surface area contributed by atoms with Crippen LogP contribution in [0.25, 0.3) is 0 Å². The van der Waals surface area contributed by atoms with E-state index < -0.39 is 5.97 Å². The van der Waals surface area contributed by atoms with Gasteiger partial charge in [0.15, 0.2) is 0 Å². The quantitative estimate of drug-likeness (QED) is 0.897. The van der Waals surface area contributed by atoms with E-state index in [9.17, 15) is 14.0 Å². The molecule has 0 aliphatic heterocycles. The number of rotatable bonds is 5. The summed E-state index contributed by atoms with van der Waals surface area (Å²) in [5, 5.41) is 12.7. The molecule has 0 saturated heterocycles. The van der Waals surface area contributed by atoms with Crippen LogP contribution in [-0.2, 0) is 17.8 Å². The Hall–Kier alpha value is -2.50. The molecule has 6 heteroatoms. The summed E-state index contributed by atoms with van der Waals surface area (Å²) >= 11 is 0. The highest BCUT2D eigenvalue weighted by molar-refractivity contribution is 5.66. The van der Waals surface area contributed by atoms with Crippen molar-refractivity contribution in [3.05, 3.63) is 63.8 Å². The molecule has 104 valence electrons. The zero-order valence-electron chi connectivity index (χ0n) is 10.6. The molecular weight excluding hydrogens is 263 g/mol. The first-order valence-electron chi connectivity index (χ1n) is 6.08. The van der Waals surface area contributed by atoms with Gasteiger partial charge in [0.2, 0.25) is 0 Å². The van der Waals surface area contributed by atoms with E-state index in [1.54, 1.807) is 12.1 Å². The van der Waals surface area contributed by atoms with Crippen molar-refractivity contribution in [1.82, 2.24) is 9.78 Å². The van der Waals surface area contributed by atoms with Gasteiger partial charge in [-0.15, -0.1) is 0 Å². The molecule has 5 nitrogen and oxygen atoms in total. The number of hydrogen-bond donors (Lipinski definition) is 1. The first-order chi connectivity index (χ1) is 9.54. The Bertz CT molecular complexity index is 665. The predicted molar refractivity (Wildman–Crippen MR) is 70.0 cm³/mol. The van der Waals surface area contributed by atoms with Crippen molar-refractivity contribution >= 4 is 5.97 Å². The van der Waals surface area contributed by atoms with E-state index in [0.29, 0.717) is 5.69 Å². The molecule has 1 heterocycles. The van der Waals surface area contributed by atoms with E-state index in [0.717, 1.165) is 5.56 Å². The van der Waals surface area contributed by atoms with Crippen LogP contribution < -0.4 is 5.56 Å². The molecule has 0 atom stereocenters. The first kappa shape index (κ1) is 13.9. The second kappa shape index (κ2) is 6.10. The van der Waals surface area contributed by atoms with Gasteiger partial charge in [0.1, 0.15) is 5.82 Å². The second-order valence-corrected chi connectivity index (χ2v) is 4.34. The van der Waals surface area contributed by atoms with Gasteiger partial charge in [-0.1, -0.05) is 12.1 Å². The summed E-state index contributed by atoms with van der Waals surface area (Å²) in [6.45, 7) is 0.222. The molecule has 2 aromatic rings. The van der Waals surface area contributed by atoms with Gasteiger partial charge in [-0.3, -0.25) is 9.59 Å². The smallest absolute Gasteiger partial charge is 0.303 e. The largest absolute Gasteiger partial charge is 0.481 e. The van der Waals surface area contributed by atoms with Gasteiger partial charge < -0.3 is 5.11 Å². The molecule has 2 rings (SSSR count). The monoisotopic (exact) mass is 276 g/mol. The lowest BCUT2D eigenvalue weighted by Gasteiger charge is -2.06. The minimum absolute atomic E-state index is 0.0399. The lowest BCUT2D eigenvalue weighted by molar-refractivity contribution is -0.136. The summed E-state index contributed by atoms with van der Waals surface area (Å²) in [6.07, 6.45) is 0.223. The summed E-state index contributed by atoms with van der Waals surface area (Å²) in [4.78, 5) is 22.2. The average Bonchev–Trinajstić information content (AvgIpc) is 2.42. The van der Waals surface area contributed by atoms with Crippen LogP contribution in [0, 0.1) is 5.82 Å². The number of carboxylic acid groups (broad SMARTS) is 1. The fourth-order valence-corrected chi connectivity index (χ4v) is 1.74. The van der Waals surface area contributed by atoms with E-state index in [1.165, 1.54) is 28.9 Å². The summed E-state index contributed by atoms with van der Waals surface area (Å²) in [5.41, 5.74) is 0.999. The Kier molecular flexibility index (Phi) is 4.24. The normalized spacial score (nSPS) is 10.4. The molecular formula is C14H13FN2O3. The molecule has 1 aromatic carbocycles. The summed E-state index contributed by atoms with van der Waals surface area (Å²) in [5.74, 6) is -1.26. The third kappa shape index (κ3) is 3.74. The molecule has 1 aromatic heterocycles. The molecule has 0 unspecified atom stereocenters. The number of carboxylic acids is 1. The number of benzene rings is 1. The van der Waals surface area contributed by atoms with Crippen molar-refractivity contribution in [2.24, 2.45) is 0 Å². The molecule has 0 fully saturated rings. The highest BCUT2D eigenvalue weighted by Gasteiger charge is 2.04. The minimum atomic E-state index is -0.914. The van der Waals surface area contributed by atoms with Crippen molar-refractivity contribution in [1.29, 1.82) is 0 Å². The van der Waals surface area contributed by atoms with Crippen LogP contribution in [0.1, 0.15) is 17.7 Å². The van der Waals surface area contributed by atoms with E-state index in [2.05, 4.69) is 5.10 Å². The van der Waals surface area contributed by atoms with E-state index >= 15 is 0 Å². The number of carbonyl (C=O) groups is 1. The van der Waals surface area contributed by atoms with Gasteiger partial charge in [0.25, 0.3) is 5.56 Å². The van der Waals surface area contributed by atoms with Gasteiger partial charge in [-0.05, 0) is 23.8 Å². The Balaban J connectivity index is 2.18. The van der Waals surface area contributed by atoms with Crippen molar-refractivity contribution in [3.63, 3.8) is 0 Å². The zero-order valence-corrected chi connectivity index (χ0v) is 10.6. The maximum Gasteiger partial charge on any atom is 0.303 e. The number of nitrogens with zero attached hydrogens (tertiary/aromatic N) is 2. The number of aryl methyl sites for hydroxylation is 1. The molecule has 20 heavy (non-hydrogen) atoms. The average molecular weight is 276 g/mol. The lowest BCUT2D eigenvalue weighted by Crippen LogP contribution is -2.23. The standard InChI is InChI=1S/C14H13FN2O3/c15-11-3-1-10(2-4-11)9-17-13(18)7-5-12(16-17)6-8-14(19)20/h1-5,7H,6,8-9H2,(H,19,20). The zero-order chi connectivity index (χ0) is 14.5. The van der Waals surface area contributed by atoms with Crippen LogP contribution in [0.15, 0.2) is 41.2 Å². The van der Waals surface area contributed by atoms with Crippen LogP contribution in [-0.4, -0.2) is 20.9 Å². The van der Waals surface area contributed by atoms with E-state index in [4.69, 9.17) is 5.11 Å². The lowest BCUT2D eigenvalue weighted by atomic mass is 10.2. The number of aliphatic carboxylic acids is 1. The van der Waals surface area contributed by atoms with Gasteiger partial charge in [0, 0.05) is 12.5 Å². The van der Waals surface area contributed by atoms with Crippen LogP contribution in [0.2, 0.25) is 0 Å². The van der Waals surface area contributed by atoms with E-state index in [-0.39, 0.29) is 30.8 Å². The Morgan fingerprint density at radius 3 is 2.55 bits per heavy atom. The summed E-state index contributed by atoms with van der Waals surface area (Å²) in [7, 11) is 0. The number of aromatic nitrogens is 2. The fourth-order valence-electron chi connectivity index (χ4n) is 1.74. The Morgan fingerprint density at radius 2 is 1.90 bits per heavy atom. The van der Waals surface area contributed by atoms with Gasteiger partial charge in [-0.25, -0.2) is 9.07 Å². The maximum atomic E-state index is 12.8. The highest BCUT2D eigenvalue weighted by atomic mass is 19.1. The third-order valence-electron chi connectivity index (χ3n) is 2.76. The molecule has 0 spiro atoms. The summed E-state index contributed by atoms with van der Waals surface area (Å²) in [6, 6.07) is 8.66. The predicted octanol–water partition coefficient (Wildman–Crippen LogP) is 1.45. The Labute approximate surface area is 114 Å². The molecule has 1 N–H and O–H groups in total. The molecule has 0 radical (unpaired) electrons. The fraction of sp³-hybridized carbons (Fsp3) is 0.214. The van der Waals surface area contributed by atoms with Crippen LogP contribution in [0.3, 0.4) is 0 Å². The Morgan fingerprint density at radius 1 is 1.20 bits per heavy atom. The van der Waals surface area contributed by atoms with Gasteiger partial charge in [-0.2, -0.15) is 5.10 Å². The topological polar surface area (TPSA) is 72.2 Å². The molecule has 0 saturated carbocycles. The van der Waals surface area contributed by atoms with Crippen LogP contribution in [0.5, 0.6) is 0 Å². The van der Waals surface area contributed by atoms with E-state index in [1.807, 2.05) is 0 Å². The van der Waals surface area contributed by atoms with Crippen molar-refractivity contribution in [2.75, 3.05) is 0 Å². The first-order valence-corrected chi connectivity index (χ1v) is 6.08.